The van der Waals surface area contributed by atoms with Crippen LogP contribution in [-0.2, 0) is 11.2 Å². The molecule has 0 aliphatic carbocycles. The van der Waals surface area contributed by atoms with Crippen LogP contribution in [0.5, 0.6) is 0 Å². The third kappa shape index (κ3) is 6.79. The topological polar surface area (TPSA) is 139 Å². The number of aliphatic hydroxyl groups excluding tert-OH is 1. The highest BCUT2D eigenvalue weighted by Crippen LogP contribution is 2.28. The van der Waals surface area contributed by atoms with E-state index < -0.39 is 17.5 Å². The maximum atomic E-state index is 13.9. The van der Waals surface area contributed by atoms with Crippen molar-refractivity contribution in [3.63, 3.8) is 0 Å². The van der Waals surface area contributed by atoms with E-state index in [-0.39, 0.29) is 24.6 Å². The molecule has 6 rings (SSSR count). The Balaban J connectivity index is 1.10. The van der Waals surface area contributed by atoms with Crippen LogP contribution in [0.3, 0.4) is 0 Å². The fourth-order valence-electron chi connectivity index (χ4n) is 5.25. The highest BCUT2D eigenvalue weighted by molar-refractivity contribution is 5.96. The molecule has 0 spiro atoms. The van der Waals surface area contributed by atoms with Gasteiger partial charge in [0.25, 0.3) is 5.91 Å². The highest BCUT2D eigenvalue weighted by Gasteiger charge is 2.22. The minimum atomic E-state index is -1.12. The molecule has 230 valence electrons. The van der Waals surface area contributed by atoms with E-state index >= 15 is 0 Å². The Hall–Kier alpha value is -5.27. The van der Waals surface area contributed by atoms with Gasteiger partial charge in [0.15, 0.2) is 17.5 Å². The van der Waals surface area contributed by atoms with Crippen molar-refractivity contribution in [3.05, 3.63) is 95.9 Å². The summed E-state index contributed by atoms with van der Waals surface area (Å²) in [5, 5.41) is 22.3. The third-order valence-electron chi connectivity index (χ3n) is 7.63. The number of halogens is 2. The molecule has 45 heavy (non-hydrogen) atoms. The molecule has 0 unspecified atom stereocenters. The van der Waals surface area contributed by atoms with Crippen LogP contribution in [0.25, 0.3) is 22.0 Å². The molecule has 2 amide bonds. The SMILES string of the molecule is O=C(Cc1cc(Nc2ncnc3cc(-c4ccc(C(=O)N5CCN(CCO)CC5)cc4)ccc23)n[nH]1)Nc1cccc(F)c1F. The van der Waals surface area contributed by atoms with Crippen LogP contribution >= 0.6 is 0 Å². The highest BCUT2D eigenvalue weighted by atomic mass is 19.2. The van der Waals surface area contributed by atoms with Gasteiger partial charge in [0.2, 0.25) is 5.91 Å². The van der Waals surface area contributed by atoms with E-state index in [9.17, 15) is 18.4 Å². The van der Waals surface area contributed by atoms with Crippen molar-refractivity contribution in [1.29, 1.82) is 0 Å². The lowest BCUT2D eigenvalue weighted by Gasteiger charge is -2.34. The molecule has 1 saturated heterocycles. The molecule has 1 fully saturated rings. The van der Waals surface area contributed by atoms with Gasteiger partial charge in [-0.1, -0.05) is 24.3 Å². The van der Waals surface area contributed by atoms with Gasteiger partial charge in [0.1, 0.15) is 12.1 Å². The Morgan fingerprint density at radius 2 is 1.71 bits per heavy atom. The predicted molar refractivity (Wildman–Crippen MR) is 165 cm³/mol. The van der Waals surface area contributed by atoms with E-state index in [0.29, 0.717) is 48.0 Å². The number of amides is 2. The van der Waals surface area contributed by atoms with E-state index in [1.54, 1.807) is 6.07 Å². The van der Waals surface area contributed by atoms with E-state index in [1.165, 1.54) is 18.5 Å². The number of carbonyl (C=O) groups excluding carboxylic acids is 2. The molecule has 0 radical (unpaired) electrons. The smallest absolute Gasteiger partial charge is 0.253 e. The molecule has 1 aliphatic rings. The maximum Gasteiger partial charge on any atom is 0.253 e. The number of aliphatic hydroxyl groups is 1. The van der Waals surface area contributed by atoms with Crippen LogP contribution in [-0.4, -0.2) is 86.2 Å². The molecule has 3 aromatic carbocycles. The van der Waals surface area contributed by atoms with Crippen molar-refractivity contribution >= 4 is 40.0 Å². The molecule has 0 bridgehead atoms. The van der Waals surface area contributed by atoms with Crippen molar-refractivity contribution in [2.24, 2.45) is 0 Å². The molecule has 4 N–H and O–H groups in total. The molecule has 13 heteroatoms. The molecule has 1 aliphatic heterocycles. The van der Waals surface area contributed by atoms with Gasteiger partial charge in [-0.15, -0.1) is 0 Å². The van der Waals surface area contributed by atoms with Gasteiger partial charge in [0, 0.05) is 55.4 Å². The summed E-state index contributed by atoms with van der Waals surface area (Å²) < 4.78 is 27.3. The number of piperazine rings is 1. The number of β-amino-alcohol motifs (C(OH)–C–C–N with tert-alkyl or cyclic N) is 1. The summed E-state index contributed by atoms with van der Waals surface area (Å²) in [6, 6.07) is 18.5. The Morgan fingerprint density at radius 3 is 2.49 bits per heavy atom. The van der Waals surface area contributed by atoms with E-state index in [0.717, 1.165) is 35.7 Å². The first-order valence-corrected chi connectivity index (χ1v) is 14.4. The van der Waals surface area contributed by atoms with Crippen LogP contribution in [0.1, 0.15) is 16.1 Å². The number of aromatic nitrogens is 4. The van der Waals surface area contributed by atoms with Crippen molar-refractivity contribution in [3.8, 4) is 11.1 Å². The van der Waals surface area contributed by atoms with Gasteiger partial charge >= 0.3 is 0 Å². The summed E-state index contributed by atoms with van der Waals surface area (Å²) in [4.78, 5) is 38.1. The number of nitrogens with zero attached hydrogens (tertiary/aromatic N) is 5. The number of benzene rings is 3. The number of fused-ring (bicyclic) bond motifs is 1. The largest absolute Gasteiger partial charge is 0.395 e. The number of nitrogens with one attached hydrogen (secondary N) is 3. The standard InChI is InChI=1S/C32H30F2N8O3/c33-25-2-1-3-26(30(25)34)37-29(44)18-23-17-28(40-39-23)38-31-24-9-8-22(16-27(24)35-19-36-31)20-4-6-21(7-5-20)32(45)42-12-10-41(11-13-42)14-15-43/h1-9,16-17,19,43H,10-15,18H2,(H,37,44)(H2,35,36,38,39,40). The number of carbonyl (C=O) groups is 2. The molecule has 0 atom stereocenters. The number of H-pyrrole nitrogens is 1. The number of anilines is 3. The Morgan fingerprint density at radius 1 is 0.933 bits per heavy atom. The van der Waals surface area contributed by atoms with Gasteiger partial charge in [0.05, 0.1) is 24.2 Å². The fraction of sp³-hybridized carbons (Fsp3) is 0.219. The molecule has 11 nitrogen and oxygen atoms in total. The molecule has 3 heterocycles. The predicted octanol–water partition coefficient (Wildman–Crippen LogP) is 3.97. The maximum absolute atomic E-state index is 13.9. The van der Waals surface area contributed by atoms with Gasteiger partial charge in [-0.2, -0.15) is 5.10 Å². The quantitative estimate of drug-likeness (QED) is 0.196. The monoisotopic (exact) mass is 612 g/mol. The lowest BCUT2D eigenvalue weighted by molar-refractivity contribution is -0.115. The summed E-state index contributed by atoms with van der Waals surface area (Å²) in [6.45, 7) is 3.51. The minimum absolute atomic E-state index is 0.00481. The number of hydrogen-bond acceptors (Lipinski definition) is 8. The fourth-order valence-corrected chi connectivity index (χ4v) is 5.25. The van der Waals surface area contributed by atoms with Crippen molar-refractivity contribution < 1.29 is 23.5 Å². The van der Waals surface area contributed by atoms with Crippen molar-refractivity contribution in [2.45, 2.75) is 6.42 Å². The summed E-state index contributed by atoms with van der Waals surface area (Å²) in [5.74, 6) is -1.79. The molecule has 5 aromatic rings. The molecule has 0 saturated carbocycles. The average Bonchev–Trinajstić information content (AvgIpc) is 3.49. The number of hydrogen-bond donors (Lipinski definition) is 4. The second kappa shape index (κ2) is 13.2. The van der Waals surface area contributed by atoms with Gasteiger partial charge in [-0.25, -0.2) is 18.7 Å². The summed E-state index contributed by atoms with van der Waals surface area (Å²) >= 11 is 0. The molecular weight excluding hydrogens is 582 g/mol. The van der Waals surface area contributed by atoms with Crippen LogP contribution in [0.4, 0.5) is 26.1 Å². The van der Waals surface area contributed by atoms with Crippen molar-refractivity contribution in [1.82, 2.24) is 30.0 Å². The Bertz CT molecular complexity index is 1840. The Kier molecular flexibility index (Phi) is 8.71. The van der Waals surface area contributed by atoms with E-state index in [4.69, 9.17) is 5.11 Å². The summed E-state index contributed by atoms with van der Waals surface area (Å²) in [5.41, 5.74) is 3.39. The second-order valence-corrected chi connectivity index (χ2v) is 10.6. The zero-order valence-corrected chi connectivity index (χ0v) is 24.1. The van der Waals surface area contributed by atoms with Gasteiger partial charge < -0.3 is 20.6 Å². The molecular formula is C32H30F2N8O3. The third-order valence-corrected chi connectivity index (χ3v) is 7.63. The van der Waals surface area contributed by atoms with Crippen LogP contribution in [0.2, 0.25) is 0 Å². The van der Waals surface area contributed by atoms with Crippen LogP contribution in [0, 0.1) is 11.6 Å². The van der Waals surface area contributed by atoms with E-state index in [1.807, 2.05) is 47.4 Å². The first-order valence-electron chi connectivity index (χ1n) is 14.4. The first kappa shape index (κ1) is 29.8. The number of aromatic amines is 1. The van der Waals surface area contributed by atoms with Gasteiger partial charge in [-0.3, -0.25) is 19.6 Å². The second-order valence-electron chi connectivity index (χ2n) is 10.6. The lowest BCUT2D eigenvalue weighted by atomic mass is 10.0. The van der Waals surface area contributed by atoms with Crippen molar-refractivity contribution in [2.75, 3.05) is 50.0 Å². The average molecular weight is 613 g/mol. The van der Waals surface area contributed by atoms with E-state index in [2.05, 4.69) is 35.7 Å². The van der Waals surface area contributed by atoms with Crippen LogP contribution in [0.15, 0.2) is 73.1 Å². The lowest BCUT2D eigenvalue weighted by Crippen LogP contribution is -2.49. The Labute approximate surface area is 256 Å². The summed E-state index contributed by atoms with van der Waals surface area (Å²) in [7, 11) is 0. The van der Waals surface area contributed by atoms with Gasteiger partial charge in [-0.05, 0) is 47.5 Å². The summed E-state index contributed by atoms with van der Waals surface area (Å²) in [6.07, 6.45) is 1.30. The zero-order chi connectivity index (χ0) is 31.3. The minimum Gasteiger partial charge on any atom is -0.395 e. The first-order chi connectivity index (χ1) is 21.9. The molecule has 2 aromatic heterocycles. The normalized spacial score (nSPS) is 13.6. The zero-order valence-electron chi connectivity index (χ0n) is 24.1. The van der Waals surface area contributed by atoms with Crippen LogP contribution < -0.4 is 10.6 Å². The number of rotatable bonds is 9.